The van der Waals surface area contributed by atoms with E-state index in [0.29, 0.717) is 11.8 Å². The summed E-state index contributed by atoms with van der Waals surface area (Å²) >= 11 is 12.4. The summed E-state index contributed by atoms with van der Waals surface area (Å²) in [6.45, 7) is 0. The Bertz CT molecular complexity index is 971. The third kappa shape index (κ3) is 2.95. The maximum atomic E-state index is 6.48. The average molecular weight is 367 g/mol. The van der Waals surface area contributed by atoms with Crippen LogP contribution in [0.25, 0.3) is 21.5 Å². The number of hydrogen-bond donors (Lipinski definition) is 0. The van der Waals surface area contributed by atoms with Crippen LogP contribution in [-0.2, 0) is 11.8 Å². The Morgan fingerprint density at radius 3 is 1.44 bits per heavy atom. The first-order valence-corrected chi connectivity index (χ1v) is 9.19. The number of hydrogen-bond acceptors (Lipinski definition) is 1. The summed E-state index contributed by atoms with van der Waals surface area (Å²) in [5.74, 6) is 2.38. The molecule has 0 saturated carbocycles. The van der Waals surface area contributed by atoms with Crippen LogP contribution < -0.4 is 4.74 Å². The van der Waals surface area contributed by atoms with Gasteiger partial charge < -0.3 is 4.74 Å². The van der Waals surface area contributed by atoms with E-state index in [9.17, 15) is 0 Å². The van der Waals surface area contributed by atoms with E-state index in [2.05, 4.69) is 36.4 Å². The number of fused-ring (bicyclic) bond motifs is 2. The lowest BCUT2D eigenvalue weighted by molar-refractivity contribution is 0.485. The second-order valence-corrected chi connectivity index (χ2v) is 6.45. The Balaban J connectivity index is 1.97. The van der Waals surface area contributed by atoms with Crippen LogP contribution in [0.15, 0.2) is 72.8 Å². The van der Waals surface area contributed by atoms with Crippen LogP contribution in [0.1, 0.15) is 11.1 Å². The predicted octanol–water partition coefficient (Wildman–Crippen LogP) is 7.26. The third-order valence-corrected chi connectivity index (χ3v) is 4.99. The van der Waals surface area contributed by atoms with Gasteiger partial charge in [0, 0.05) is 21.9 Å². The highest BCUT2D eigenvalue weighted by Gasteiger charge is 2.14. The molecule has 0 fully saturated rings. The normalized spacial score (nSPS) is 11.1. The van der Waals surface area contributed by atoms with Crippen LogP contribution in [0.5, 0.6) is 11.5 Å². The molecule has 0 aliphatic rings. The van der Waals surface area contributed by atoms with Crippen molar-refractivity contribution < 1.29 is 4.74 Å². The standard InChI is InChI=1S/C22H16Cl2O/c23-13-17-11-9-15-5-1-3-7-19(15)21(17)25-22-18(14-24)12-10-16-6-2-4-8-20(16)22/h1-12H,13-14H2. The molecule has 25 heavy (non-hydrogen) atoms. The van der Waals surface area contributed by atoms with Crippen molar-refractivity contribution in [2.75, 3.05) is 0 Å². The molecule has 0 spiro atoms. The van der Waals surface area contributed by atoms with Crippen molar-refractivity contribution in [3.63, 3.8) is 0 Å². The molecule has 0 bridgehead atoms. The summed E-state index contributed by atoms with van der Waals surface area (Å²) in [7, 11) is 0. The molecule has 0 unspecified atom stereocenters. The van der Waals surface area contributed by atoms with Crippen molar-refractivity contribution in [3.8, 4) is 11.5 Å². The van der Waals surface area contributed by atoms with Crippen LogP contribution in [-0.4, -0.2) is 0 Å². The maximum Gasteiger partial charge on any atom is 0.139 e. The fourth-order valence-electron chi connectivity index (χ4n) is 3.13. The smallest absolute Gasteiger partial charge is 0.139 e. The van der Waals surface area contributed by atoms with Gasteiger partial charge in [-0.1, -0.05) is 72.8 Å². The zero-order valence-electron chi connectivity index (χ0n) is 13.5. The van der Waals surface area contributed by atoms with Crippen molar-refractivity contribution in [3.05, 3.63) is 83.9 Å². The lowest BCUT2D eigenvalue weighted by atomic mass is 10.0. The molecule has 0 amide bonds. The minimum atomic E-state index is 0.390. The summed E-state index contributed by atoms with van der Waals surface area (Å²) in [5.41, 5.74) is 1.93. The van der Waals surface area contributed by atoms with Gasteiger partial charge in [0.25, 0.3) is 0 Å². The maximum absolute atomic E-state index is 6.48. The molecule has 0 aromatic heterocycles. The summed E-state index contributed by atoms with van der Waals surface area (Å²) in [6.07, 6.45) is 0. The molecule has 124 valence electrons. The number of benzene rings is 4. The van der Waals surface area contributed by atoms with Crippen LogP contribution in [0, 0.1) is 0 Å². The summed E-state index contributed by atoms with van der Waals surface area (Å²) in [5, 5.41) is 4.35. The SMILES string of the molecule is ClCc1ccc2ccccc2c1Oc1c(CCl)ccc2ccccc12. The first kappa shape index (κ1) is 16.3. The molecule has 0 heterocycles. The van der Waals surface area contributed by atoms with Crippen molar-refractivity contribution in [2.24, 2.45) is 0 Å². The number of alkyl halides is 2. The first-order valence-electron chi connectivity index (χ1n) is 8.13. The molecule has 0 N–H and O–H groups in total. The predicted molar refractivity (Wildman–Crippen MR) is 107 cm³/mol. The van der Waals surface area contributed by atoms with Crippen molar-refractivity contribution in [1.29, 1.82) is 0 Å². The average Bonchev–Trinajstić information content (AvgIpc) is 2.68. The molecular weight excluding hydrogens is 351 g/mol. The first-order chi connectivity index (χ1) is 12.3. The number of ether oxygens (including phenoxy) is 1. The molecule has 0 aliphatic carbocycles. The molecule has 3 heteroatoms. The summed E-state index contributed by atoms with van der Waals surface area (Å²) < 4.78 is 6.48. The van der Waals surface area contributed by atoms with E-state index >= 15 is 0 Å². The zero-order chi connectivity index (χ0) is 17.2. The molecule has 4 aromatic rings. The lowest BCUT2D eigenvalue weighted by Crippen LogP contribution is -1.95. The summed E-state index contributed by atoms with van der Waals surface area (Å²) in [4.78, 5) is 0. The van der Waals surface area contributed by atoms with E-state index in [1.807, 2.05) is 36.4 Å². The van der Waals surface area contributed by atoms with Gasteiger partial charge in [-0.25, -0.2) is 0 Å². The Morgan fingerprint density at radius 2 is 1.00 bits per heavy atom. The van der Waals surface area contributed by atoms with E-state index in [1.54, 1.807) is 0 Å². The van der Waals surface area contributed by atoms with Crippen molar-refractivity contribution >= 4 is 44.7 Å². The highest BCUT2D eigenvalue weighted by atomic mass is 35.5. The highest BCUT2D eigenvalue weighted by molar-refractivity contribution is 6.18. The fourth-order valence-corrected chi connectivity index (χ4v) is 3.55. The Labute approximate surface area is 156 Å². The highest BCUT2D eigenvalue weighted by Crippen LogP contribution is 2.39. The van der Waals surface area contributed by atoms with Gasteiger partial charge in [0.1, 0.15) is 11.5 Å². The Morgan fingerprint density at radius 1 is 0.560 bits per heavy atom. The molecule has 0 atom stereocenters. The van der Waals surface area contributed by atoms with Crippen molar-refractivity contribution in [2.45, 2.75) is 11.8 Å². The monoisotopic (exact) mass is 366 g/mol. The topological polar surface area (TPSA) is 9.23 Å². The van der Waals surface area contributed by atoms with Crippen LogP contribution >= 0.6 is 23.2 Å². The molecule has 0 aliphatic heterocycles. The van der Waals surface area contributed by atoms with Crippen LogP contribution in [0.4, 0.5) is 0 Å². The van der Waals surface area contributed by atoms with E-state index in [4.69, 9.17) is 27.9 Å². The fraction of sp³-hybridized carbons (Fsp3) is 0.0909. The molecule has 4 rings (SSSR count). The lowest BCUT2D eigenvalue weighted by Gasteiger charge is -2.17. The van der Waals surface area contributed by atoms with Gasteiger partial charge in [-0.2, -0.15) is 0 Å². The van der Waals surface area contributed by atoms with Gasteiger partial charge in [-0.3, -0.25) is 0 Å². The Kier molecular flexibility index (Phi) is 4.52. The molecular formula is C22H16Cl2O. The summed E-state index contributed by atoms with van der Waals surface area (Å²) in [6, 6.07) is 24.5. The van der Waals surface area contributed by atoms with E-state index in [-0.39, 0.29) is 0 Å². The minimum Gasteiger partial charge on any atom is -0.455 e. The third-order valence-electron chi connectivity index (χ3n) is 4.41. The van der Waals surface area contributed by atoms with Gasteiger partial charge in [0.2, 0.25) is 0 Å². The number of halogens is 2. The minimum absolute atomic E-state index is 0.390. The van der Waals surface area contributed by atoms with Gasteiger partial charge in [-0.15, -0.1) is 23.2 Å². The largest absolute Gasteiger partial charge is 0.455 e. The van der Waals surface area contributed by atoms with Crippen LogP contribution in [0.2, 0.25) is 0 Å². The quantitative estimate of drug-likeness (QED) is 0.345. The Hall–Kier alpha value is -2.22. The van der Waals surface area contributed by atoms with E-state index in [1.165, 1.54) is 0 Å². The van der Waals surface area contributed by atoms with Crippen molar-refractivity contribution in [1.82, 2.24) is 0 Å². The van der Waals surface area contributed by atoms with Gasteiger partial charge in [0.15, 0.2) is 0 Å². The molecule has 1 nitrogen and oxygen atoms in total. The van der Waals surface area contributed by atoms with E-state index in [0.717, 1.165) is 44.2 Å². The second kappa shape index (κ2) is 6.95. The number of rotatable bonds is 4. The van der Waals surface area contributed by atoms with Gasteiger partial charge >= 0.3 is 0 Å². The molecule has 4 aromatic carbocycles. The van der Waals surface area contributed by atoms with Crippen LogP contribution in [0.3, 0.4) is 0 Å². The van der Waals surface area contributed by atoms with Gasteiger partial charge in [0.05, 0.1) is 11.8 Å². The molecule has 0 radical (unpaired) electrons. The zero-order valence-corrected chi connectivity index (χ0v) is 15.0. The molecule has 0 saturated heterocycles. The second-order valence-electron chi connectivity index (χ2n) is 5.92. The van der Waals surface area contributed by atoms with Gasteiger partial charge in [-0.05, 0) is 10.8 Å². The van der Waals surface area contributed by atoms with E-state index < -0.39 is 0 Å².